The third kappa shape index (κ3) is 4.11. The first-order valence-electron chi connectivity index (χ1n) is 9.25. The van der Waals surface area contributed by atoms with E-state index < -0.39 is 0 Å². The lowest BCUT2D eigenvalue weighted by Gasteiger charge is -2.17. The molecule has 4 rings (SSSR count). The third-order valence-corrected chi connectivity index (χ3v) is 4.69. The predicted octanol–water partition coefficient (Wildman–Crippen LogP) is 4.87. The zero-order valence-corrected chi connectivity index (χ0v) is 15.1. The summed E-state index contributed by atoms with van der Waals surface area (Å²) in [6.45, 7) is 1.39. The van der Waals surface area contributed by atoms with Gasteiger partial charge in [-0.25, -0.2) is 0 Å². The SMILES string of the molecule is O=C(CCNc1ccc(Oc2ccccc2)cc1)N1CCc2ccccc21. The Balaban J connectivity index is 1.27. The van der Waals surface area contributed by atoms with Crippen molar-refractivity contribution in [2.24, 2.45) is 0 Å². The quantitative estimate of drug-likeness (QED) is 0.683. The maximum atomic E-state index is 12.5. The fraction of sp³-hybridized carbons (Fsp3) is 0.174. The number of benzene rings is 3. The van der Waals surface area contributed by atoms with Crippen LogP contribution in [-0.2, 0) is 11.2 Å². The van der Waals surface area contributed by atoms with Gasteiger partial charge in [0, 0.05) is 30.9 Å². The van der Waals surface area contributed by atoms with Crippen LogP contribution < -0.4 is 15.0 Å². The fourth-order valence-corrected chi connectivity index (χ4v) is 3.31. The van der Waals surface area contributed by atoms with Crippen molar-refractivity contribution in [1.29, 1.82) is 0 Å². The first-order chi connectivity index (χ1) is 13.3. The van der Waals surface area contributed by atoms with Crippen LogP contribution in [0.3, 0.4) is 0 Å². The zero-order valence-electron chi connectivity index (χ0n) is 15.1. The molecule has 136 valence electrons. The highest BCUT2D eigenvalue weighted by atomic mass is 16.5. The highest BCUT2D eigenvalue weighted by Crippen LogP contribution is 2.28. The Morgan fingerprint density at radius 2 is 1.59 bits per heavy atom. The van der Waals surface area contributed by atoms with Crippen molar-refractivity contribution in [3.05, 3.63) is 84.4 Å². The Bertz CT molecular complexity index is 907. The number of hydrogen-bond donors (Lipinski definition) is 1. The Hall–Kier alpha value is -3.27. The van der Waals surface area contributed by atoms with E-state index in [-0.39, 0.29) is 5.91 Å². The second kappa shape index (κ2) is 7.96. The van der Waals surface area contributed by atoms with Gasteiger partial charge >= 0.3 is 0 Å². The Morgan fingerprint density at radius 3 is 2.41 bits per heavy atom. The molecule has 1 N–H and O–H groups in total. The van der Waals surface area contributed by atoms with Crippen LogP contribution >= 0.6 is 0 Å². The van der Waals surface area contributed by atoms with Crippen LogP contribution in [0.4, 0.5) is 11.4 Å². The second-order valence-corrected chi connectivity index (χ2v) is 6.54. The summed E-state index contributed by atoms with van der Waals surface area (Å²) < 4.78 is 5.79. The van der Waals surface area contributed by atoms with Crippen molar-refractivity contribution in [2.45, 2.75) is 12.8 Å². The highest BCUT2D eigenvalue weighted by Gasteiger charge is 2.23. The molecule has 1 heterocycles. The summed E-state index contributed by atoms with van der Waals surface area (Å²) in [5.74, 6) is 1.77. The molecule has 0 aromatic heterocycles. The van der Waals surface area contributed by atoms with Gasteiger partial charge in [-0.2, -0.15) is 0 Å². The second-order valence-electron chi connectivity index (χ2n) is 6.54. The number of fused-ring (bicyclic) bond motifs is 1. The fourth-order valence-electron chi connectivity index (χ4n) is 3.31. The number of ether oxygens (including phenoxy) is 1. The molecule has 0 fully saturated rings. The number of carbonyl (C=O) groups is 1. The molecule has 0 spiro atoms. The molecule has 1 amide bonds. The number of para-hydroxylation sites is 2. The molecule has 0 bridgehead atoms. The predicted molar refractivity (Wildman–Crippen MR) is 109 cm³/mol. The third-order valence-electron chi connectivity index (χ3n) is 4.69. The molecule has 4 heteroatoms. The average Bonchev–Trinajstić information content (AvgIpc) is 3.14. The van der Waals surface area contributed by atoms with Gasteiger partial charge in [0.25, 0.3) is 0 Å². The van der Waals surface area contributed by atoms with Crippen LogP contribution in [0.5, 0.6) is 11.5 Å². The normalized spacial score (nSPS) is 12.5. The summed E-state index contributed by atoms with van der Waals surface area (Å²) in [7, 11) is 0. The van der Waals surface area contributed by atoms with E-state index in [9.17, 15) is 4.79 Å². The topological polar surface area (TPSA) is 41.6 Å². The summed E-state index contributed by atoms with van der Waals surface area (Å²) in [6, 6.07) is 25.6. The van der Waals surface area contributed by atoms with Crippen LogP contribution in [0.1, 0.15) is 12.0 Å². The first-order valence-corrected chi connectivity index (χ1v) is 9.25. The molecule has 0 unspecified atom stereocenters. The van der Waals surface area contributed by atoms with Gasteiger partial charge in [-0.15, -0.1) is 0 Å². The van der Waals surface area contributed by atoms with Crippen LogP contribution in [0.25, 0.3) is 0 Å². The summed E-state index contributed by atoms with van der Waals surface area (Å²) >= 11 is 0. The van der Waals surface area contributed by atoms with Gasteiger partial charge < -0.3 is 15.0 Å². The van der Waals surface area contributed by atoms with Crippen LogP contribution in [0, 0.1) is 0 Å². The highest BCUT2D eigenvalue weighted by molar-refractivity contribution is 5.95. The van der Waals surface area contributed by atoms with Gasteiger partial charge in [0.1, 0.15) is 11.5 Å². The Labute approximate surface area is 159 Å². The molecule has 0 radical (unpaired) electrons. The minimum Gasteiger partial charge on any atom is -0.457 e. The maximum Gasteiger partial charge on any atom is 0.228 e. The van der Waals surface area contributed by atoms with Crippen molar-refractivity contribution in [2.75, 3.05) is 23.3 Å². The van der Waals surface area contributed by atoms with Crippen molar-refractivity contribution >= 4 is 17.3 Å². The van der Waals surface area contributed by atoms with Gasteiger partial charge in [-0.1, -0.05) is 36.4 Å². The monoisotopic (exact) mass is 358 g/mol. The van der Waals surface area contributed by atoms with Gasteiger partial charge in [-0.05, 0) is 54.4 Å². The maximum absolute atomic E-state index is 12.5. The summed E-state index contributed by atoms with van der Waals surface area (Å²) in [5.41, 5.74) is 3.29. The molecule has 27 heavy (non-hydrogen) atoms. The molecule has 0 saturated heterocycles. The van der Waals surface area contributed by atoms with E-state index in [1.54, 1.807) is 0 Å². The van der Waals surface area contributed by atoms with E-state index in [1.165, 1.54) is 5.56 Å². The van der Waals surface area contributed by atoms with Crippen molar-refractivity contribution < 1.29 is 9.53 Å². The van der Waals surface area contributed by atoms with Crippen LogP contribution in [0.15, 0.2) is 78.9 Å². The van der Waals surface area contributed by atoms with E-state index in [2.05, 4.69) is 11.4 Å². The molecule has 0 atom stereocenters. The minimum atomic E-state index is 0.163. The van der Waals surface area contributed by atoms with Gasteiger partial charge in [0.15, 0.2) is 0 Å². The molecule has 4 nitrogen and oxygen atoms in total. The number of amides is 1. The Kier molecular flexibility index (Phi) is 5.06. The number of nitrogens with zero attached hydrogens (tertiary/aromatic N) is 1. The number of rotatable bonds is 6. The van der Waals surface area contributed by atoms with E-state index in [0.29, 0.717) is 13.0 Å². The lowest BCUT2D eigenvalue weighted by atomic mass is 10.2. The number of hydrogen-bond acceptors (Lipinski definition) is 3. The number of nitrogens with one attached hydrogen (secondary N) is 1. The summed E-state index contributed by atoms with van der Waals surface area (Å²) in [5, 5.41) is 3.31. The smallest absolute Gasteiger partial charge is 0.228 e. The zero-order chi connectivity index (χ0) is 18.5. The van der Waals surface area contributed by atoms with Crippen molar-refractivity contribution in [3.8, 4) is 11.5 Å². The molecule has 1 aliphatic rings. The van der Waals surface area contributed by atoms with Crippen LogP contribution in [0.2, 0.25) is 0 Å². The Morgan fingerprint density at radius 1 is 0.889 bits per heavy atom. The van der Waals surface area contributed by atoms with Gasteiger partial charge in [-0.3, -0.25) is 4.79 Å². The number of carbonyl (C=O) groups excluding carboxylic acids is 1. The molecule has 1 aliphatic heterocycles. The lowest BCUT2D eigenvalue weighted by molar-refractivity contribution is -0.118. The van der Waals surface area contributed by atoms with Crippen molar-refractivity contribution in [1.82, 2.24) is 0 Å². The van der Waals surface area contributed by atoms with Gasteiger partial charge in [0.2, 0.25) is 5.91 Å². The van der Waals surface area contributed by atoms with Crippen molar-refractivity contribution in [3.63, 3.8) is 0 Å². The molecule has 0 saturated carbocycles. The average molecular weight is 358 g/mol. The first kappa shape index (κ1) is 17.2. The largest absolute Gasteiger partial charge is 0.457 e. The molecule has 3 aromatic rings. The summed E-state index contributed by atoms with van der Waals surface area (Å²) in [4.78, 5) is 14.4. The van der Waals surface area contributed by atoms with E-state index >= 15 is 0 Å². The van der Waals surface area contributed by atoms with E-state index in [4.69, 9.17) is 4.74 Å². The number of anilines is 2. The van der Waals surface area contributed by atoms with E-state index in [1.807, 2.05) is 77.7 Å². The molecule has 3 aromatic carbocycles. The molecule has 0 aliphatic carbocycles. The van der Waals surface area contributed by atoms with E-state index in [0.717, 1.165) is 35.8 Å². The summed E-state index contributed by atoms with van der Waals surface area (Å²) in [6.07, 6.45) is 1.41. The van der Waals surface area contributed by atoms with Crippen LogP contribution in [-0.4, -0.2) is 19.0 Å². The van der Waals surface area contributed by atoms with Gasteiger partial charge in [0.05, 0.1) is 0 Å². The lowest BCUT2D eigenvalue weighted by Crippen LogP contribution is -2.30. The standard InChI is InChI=1S/C23H22N2O2/c26-23(25-17-15-18-6-4-5-9-22(18)25)14-16-24-19-10-12-21(13-11-19)27-20-7-2-1-3-8-20/h1-13,24H,14-17H2. The molecular weight excluding hydrogens is 336 g/mol. The minimum absolute atomic E-state index is 0.163. The molecular formula is C23H22N2O2.